The van der Waals surface area contributed by atoms with Gasteiger partial charge in [-0.15, -0.1) is 0 Å². The van der Waals surface area contributed by atoms with Crippen LogP contribution in [-0.2, 0) is 20.9 Å². The first-order valence-corrected chi connectivity index (χ1v) is 8.11. The largest absolute Gasteiger partial charge is 0.467 e. The van der Waals surface area contributed by atoms with Crippen molar-refractivity contribution in [2.75, 3.05) is 13.7 Å². The topological polar surface area (TPSA) is 71.8 Å². The summed E-state index contributed by atoms with van der Waals surface area (Å²) in [6.45, 7) is 2.74. The summed E-state index contributed by atoms with van der Waals surface area (Å²) in [6, 6.07) is 9.46. The lowest BCUT2D eigenvalue weighted by Crippen LogP contribution is -2.41. The number of benzene rings is 1. The first-order valence-electron chi connectivity index (χ1n) is 8.11. The summed E-state index contributed by atoms with van der Waals surface area (Å²) >= 11 is 0. The third-order valence-corrected chi connectivity index (χ3v) is 4.64. The fraction of sp³-hybridized carbons (Fsp3) is 0.444. The van der Waals surface area contributed by atoms with Gasteiger partial charge in [0.25, 0.3) is 0 Å². The summed E-state index contributed by atoms with van der Waals surface area (Å²) in [5.74, 6) is -0.610. The maximum absolute atomic E-state index is 12.6. The van der Waals surface area contributed by atoms with Crippen LogP contribution in [0.1, 0.15) is 18.5 Å². The number of aryl methyl sites for hydroxylation is 2. The molecule has 1 N–H and O–H groups in total. The number of ether oxygens (including phenoxy) is 1. The second-order valence-corrected chi connectivity index (χ2v) is 6.22. The molecule has 2 heterocycles. The van der Waals surface area contributed by atoms with Crippen LogP contribution in [0.15, 0.2) is 30.3 Å². The van der Waals surface area contributed by atoms with Gasteiger partial charge >= 0.3 is 5.97 Å². The minimum Gasteiger partial charge on any atom is -0.467 e. The van der Waals surface area contributed by atoms with Gasteiger partial charge in [-0.3, -0.25) is 4.79 Å². The molecule has 1 aromatic carbocycles. The molecule has 0 bridgehead atoms. The van der Waals surface area contributed by atoms with Crippen molar-refractivity contribution in [3.05, 3.63) is 36.0 Å². The SMILES string of the molecule is COC(=O)[C@H]1C[C@H](O)CN1C(=O)CCn1c(C)cc2ccccc21. The molecule has 1 aromatic heterocycles. The van der Waals surface area contributed by atoms with E-state index in [9.17, 15) is 14.7 Å². The number of methoxy groups -OCH3 is 1. The van der Waals surface area contributed by atoms with E-state index in [0.717, 1.165) is 16.6 Å². The number of esters is 1. The molecular weight excluding hydrogens is 308 g/mol. The molecule has 1 amide bonds. The van der Waals surface area contributed by atoms with Crippen molar-refractivity contribution in [2.45, 2.75) is 38.5 Å². The van der Waals surface area contributed by atoms with Gasteiger partial charge in [0.1, 0.15) is 6.04 Å². The van der Waals surface area contributed by atoms with Crippen molar-refractivity contribution in [3.63, 3.8) is 0 Å². The Bertz CT molecular complexity index is 767. The number of aliphatic hydroxyl groups excluding tert-OH is 1. The summed E-state index contributed by atoms with van der Waals surface area (Å²) < 4.78 is 6.84. The lowest BCUT2D eigenvalue weighted by molar-refractivity contribution is -0.151. The van der Waals surface area contributed by atoms with Gasteiger partial charge < -0.3 is 19.3 Å². The Morgan fingerprint density at radius 1 is 1.33 bits per heavy atom. The molecule has 128 valence electrons. The molecule has 1 aliphatic rings. The fourth-order valence-electron chi connectivity index (χ4n) is 3.45. The highest BCUT2D eigenvalue weighted by molar-refractivity contribution is 5.86. The Hall–Kier alpha value is -2.34. The Morgan fingerprint density at radius 3 is 2.83 bits per heavy atom. The molecule has 3 rings (SSSR count). The van der Waals surface area contributed by atoms with Crippen LogP contribution in [0.4, 0.5) is 0 Å². The number of hydrogen-bond acceptors (Lipinski definition) is 4. The highest BCUT2D eigenvalue weighted by Crippen LogP contribution is 2.22. The van der Waals surface area contributed by atoms with Crippen LogP contribution in [0.25, 0.3) is 10.9 Å². The van der Waals surface area contributed by atoms with Crippen LogP contribution in [0.3, 0.4) is 0 Å². The molecule has 0 spiro atoms. The fourth-order valence-corrected chi connectivity index (χ4v) is 3.45. The first kappa shape index (κ1) is 16.5. The van der Waals surface area contributed by atoms with Gasteiger partial charge in [0.05, 0.1) is 13.2 Å². The summed E-state index contributed by atoms with van der Waals surface area (Å²) in [5, 5.41) is 10.9. The second-order valence-electron chi connectivity index (χ2n) is 6.22. The predicted molar refractivity (Wildman–Crippen MR) is 89.4 cm³/mol. The van der Waals surface area contributed by atoms with Crippen LogP contribution in [0, 0.1) is 6.92 Å². The number of rotatable bonds is 4. The van der Waals surface area contributed by atoms with Crippen molar-refractivity contribution in [3.8, 4) is 0 Å². The molecule has 0 unspecified atom stereocenters. The van der Waals surface area contributed by atoms with Crippen molar-refractivity contribution in [1.29, 1.82) is 0 Å². The van der Waals surface area contributed by atoms with E-state index in [2.05, 4.69) is 10.6 Å². The number of aromatic nitrogens is 1. The number of nitrogens with zero attached hydrogens (tertiary/aromatic N) is 2. The van der Waals surface area contributed by atoms with Gasteiger partial charge in [0, 0.05) is 37.1 Å². The molecule has 0 radical (unpaired) electrons. The van der Waals surface area contributed by atoms with Gasteiger partial charge in [0.2, 0.25) is 5.91 Å². The Kier molecular flexibility index (Phi) is 4.57. The smallest absolute Gasteiger partial charge is 0.328 e. The van der Waals surface area contributed by atoms with E-state index in [0.29, 0.717) is 6.54 Å². The van der Waals surface area contributed by atoms with Crippen molar-refractivity contribution in [1.82, 2.24) is 9.47 Å². The number of amides is 1. The number of hydrogen-bond donors (Lipinski definition) is 1. The number of carbonyl (C=O) groups is 2. The summed E-state index contributed by atoms with van der Waals surface area (Å²) in [7, 11) is 1.30. The van der Waals surface area contributed by atoms with Gasteiger partial charge in [-0.1, -0.05) is 18.2 Å². The number of carbonyl (C=O) groups excluding carboxylic acids is 2. The third kappa shape index (κ3) is 3.01. The molecule has 24 heavy (non-hydrogen) atoms. The van der Waals surface area contributed by atoms with Gasteiger partial charge in [-0.2, -0.15) is 0 Å². The van der Waals surface area contributed by atoms with E-state index >= 15 is 0 Å². The molecule has 0 aliphatic carbocycles. The lowest BCUT2D eigenvalue weighted by atomic mass is 10.2. The third-order valence-electron chi connectivity index (χ3n) is 4.64. The van der Waals surface area contributed by atoms with Gasteiger partial charge in [0.15, 0.2) is 0 Å². The first-order chi connectivity index (χ1) is 11.5. The number of aliphatic hydroxyl groups is 1. The normalized spacial score (nSPS) is 20.5. The molecule has 0 saturated carbocycles. The number of fused-ring (bicyclic) bond motifs is 1. The van der Waals surface area contributed by atoms with E-state index in [4.69, 9.17) is 4.74 Å². The minimum absolute atomic E-state index is 0.140. The molecule has 6 nitrogen and oxygen atoms in total. The van der Waals surface area contributed by atoms with Crippen molar-refractivity contribution < 1.29 is 19.4 Å². The zero-order valence-corrected chi connectivity index (χ0v) is 13.9. The standard InChI is InChI=1S/C18H22N2O4/c1-12-9-13-5-3-4-6-15(13)19(12)8-7-17(22)20-11-14(21)10-16(20)18(23)24-2/h3-6,9,14,16,21H,7-8,10-11H2,1-2H3/t14-,16+/m0/s1. The van der Waals surface area contributed by atoms with E-state index in [1.54, 1.807) is 0 Å². The average molecular weight is 330 g/mol. The van der Waals surface area contributed by atoms with Crippen LogP contribution in [-0.4, -0.2) is 52.3 Å². The van der Waals surface area contributed by atoms with Crippen molar-refractivity contribution >= 4 is 22.8 Å². The van der Waals surface area contributed by atoms with E-state index in [1.807, 2.05) is 31.2 Å². The van der Waals surface area contributed by atoms with E-state index < -0.39 is 18.1 Å². The zero-order chi connectivity index (χ0) is 17.3. The highest BCUT2D eigenvalue weighted by Gasteiger charge is 2.39. The summed E-state index contributed by atoms with van der Waals surface area (Å²) in [5.41, 5.74) is 2.18. The minimum atomic E-state index is -0.681. The number of β-amino-alcohol motifs (C(OH)–C–C–N with tert-alkyl or cyclic N) is 1. The van der Waals surface area contributed by atoms with Crippen LogP contribution < -0.4 is 0 Å². The second kappa shape index (κ2) is 6.65. The molecule has 1 aliphatic heterocycles. The van der Waals surface area contributed by atoms with Gasteiger partial charge in [-0.25, -0.2) is 4.79 Å². The quantitative estimate of drug-likeness (QED) is 0.862. The molecule has 2 aromatic rings. The van der Waals surface area contributed by atoms with Gasteiger partial charge in [-0.05, 0) is 24.4 Å². The van der Waals surface area contributed by atoms with Crippen molar-refractivity contribution in [2.24, 2.45) is 0 Å². The molecule has 6 heteroatoms. The average Bonchev–Trinajstić information content (AvgIpc) is 3.11. The van der Waals surface area contributed by atoms with E-state index in [-0.39, 0.29) is 25.3 Å². The van der Waals surface area contributed by atoms with E-state index in [1.165, 1.54) is 12.0 Å². The maximum Gasteiger partial charge on any atom is 0.328 e. The molecular formula is C18H22N2O4. The van der Waals surface area contributed by atoms with Crippen LogP contribution in [0.5, 0.6) is 0 Å². The Morgan fingerprint density at radius 2 is 2.08 bits per heavy atom. The lowest BCUT2D eigenvalue weighted by Gasteiger charge is -2.22. The Labute approximate surface area is 140 Å². The maximum atomic E-state index is 12.6. The highest BCUT2D eigenvalue weighted by atomic mass is 16.5. The summed E-state index contributed by atoms with van der Waals surface area (Å²) in [6.07, 6.45) is -0.156. The molecule has 1 saturated heterocycles. The summed E-state index contributed by atoms with van der Waals surface area (Å²) in [4.78, 5) is 25.8. The number of likely N-dealkylation sites (tertiary alicyclic amines) is 1. The Balaban J connectivity index is 1.72. The van der Waals surface area contributed by atoms with Crippen LogP contribution in [0.2, 0.25) is 0 Å². The monoisotopic (exact) mass is 330 g/mol. The molecule has 1 fully saturated rings. The van der Waals surface area contributed by atoms with Crippen LogP contribution >= 0.6 is 0 Å². The number of para-hydroxylation sites is 1. The predicted octanol–water partition coefficient (Wildman–Crippen LogP) is 1.47. The molecule has 2 atom stereocenters. The zero-order valence-electron chi connectivity index (χ0n) is 13.9.